The Kier molecular flexibility index (Phi) is 5.78. The number of esters is 1. The third-order valence-corrected chi connectivity index (χ3v) is 2.40. The van der Waals surface area contributed by atoms with Gasteiger partial charge in [-0.1, -0.05) is 13.3 Å². The lowest BCUT2D eigenvalue weighted by Crippen LogP contribution is -2.29. The van der Waals surface area contributed by atoms with Gasteiger partial charge in [0.1, 0.15) is 5.82 Å². The Labute approximate surface area is 110 Å². The summed E-state index contributed by atoms with van der Waals surface area (Å²) in [5.74, 6) is -2.05. The van der Waals surface area contributed by atoms with E-state index >= 15 is 0 Å². The summed E-state index contributed by atoms with van der Waals surface area (Å²) < 4.78 is 18.0. The highest BCUT2D eigenvalue weighted by atomic mass is 19.1. The zero-order valence-electron chi connectivity index (χ0n) is 10.7. The average Bonchev–Trinajstić information content (AvgIpc) is 2.39. The molecule has 0 aliphatic heterocycles. The molecule has 0 aliphatic rings. The van der Waals surface area contributed by atoms with Crippen molar-refractivity contribution in [2.75, 3.05) is 18.9 Å². The molecule has 0 bridgehead atoms. The van der Waals surface area contributed by atoms with Gasteiger partial charge < -0.3 is 15.8 Å². The van der Waals surface area contributed by atoms with Gasteiger partial charge in [0.05, 0.1) is 5.56 Å². The number of ether oxygens (including phenoxy) is 1. The molecule has 1 amide bonds. The number of nitrogen functional groups attached to an aromatic ring is 1. The van der Waals surface area contributed by atoms with E-state index in [1.807, 2.05) is 6.92 Å². The first-order valence-electron chi connectivity index (χ1n) is 6.03. The fourth-order valence-corrected chi connectivity index (χ4v) is 1.36. The van der Waals surface area contributed by atoms with Crippen molar-refractivity contribution in [3.63, 3.8) is 0 Å². The van der Waals surface area contributed by atoms with Crippen LogP contribution in [-0.2, 0) is 9.53 Å². The third kappa shape index (κ3) is 4.95. The Morgan fingerprint density at radius 3 is 2.84 bits per heavy atom. The maximum Gasteiger partial charge on any atom is 0.341 e. The number of carbonyl (C=O) groups is 2. The van der Waals surface area contributed by atoms with E-state index in [2.05, 4.69) is 5.32 Å². The van der Waals surface area contributed by atoms with Gasteiger partial charge in [-0.05, 0) is 24.6 Å². The van der Waals surface area contributed by atoms with Gasteiger partial charge in [0, 0.05) is 12.2 Å². The number of nitrogens with one attached hydrogen (secondary N) is 1. The van der Waals surface area contributed by atoms with E-state index < -0.39 is 24.3 Å². The summed E-state index contributed by atoms with van der Waals surface area (Å²) in [5.41, 5.74) is 5.42. The molecule has 0 spiro atoms. The molecule has 104 valence electrons. The normalized spacial score (nSPS) is 10.0. The molecule has 1 aromatic rings. The molecular weight excluding hydrogens is 251 g/mol. The highest BCUT2D eigenvalue weighted by Crippen LogP contribution is 2.13. The summed E-state index contributed by atoms with van der Waals surface area (Å²) in [7, 11) is 0. The molecule has 5 nitrogen and oxygen atoms in total. The smallest absolute Gasteiger partial charge is 0.341 e. The number of rotatable bonds is 6. The average molecular weight is 268 g/mol. The largest absolute Gasteiger partial charge is 0.452 e. The van der Waals surface area contributed by atoms with Crippen molar-refractivity contribution in [2.45, 2.75) is 19.8 Å². The van der Waals surface area contributed by atoms with Crippen LogP contribution in [-0.4, -0.2) is 25.0 Å². The van der Waals surface area contributed by atoms with Crippen LogP contribution in [0.25, 0.3) is 0 Å². The maximum atomic E-state index is 13.3. The number of nitrogens with two attached hydrogens (primary N) is 1. The molecule has 0 unspecified atom stereocenters. The van der Waals surface area contributed by atoms with E-state index in [0.717, 1.165) is 18.9 Å². The minimum Gasteiger partial charge on any atom is -0.452 e. The van der Waals surface area contributed by atoms with Crippen LogP contribution in [0.1, 0.15) is 30.1 Å². The van der Waals surface area contributed by atoms with Crippen LogP contribution in [0.5, 0.6) is 0 Å². The number of amides is 1. The molecule has 0 radical (unpaired) electrons. The fourth-order valence-electron chi connectivity index (χ4n) is 1.36. The number of anilines is 1. The van der Waals surface area contributed by atoms with Crippen molar-refractivity contribution in [3.05, 3.63) is 29.6 Å². The van der Waals surface area contributed by atoms with Gasteiger partial charge in [0.15, 0.2) is 6.61 Å². The molecule has 0 heterocycles. The minimum atomic E-state index is -0.907. The van der Waals surface area contributed by atoms with E-state index in [4.69, 9.17) is 10.5 Å². The number of unbranched alkanes of at least 4 members (excludes halogenated alkanes) is 1. The number of hydrogen-bond acceptors (Lipinski definition) is 4. The van der Waals surface area contributed by atoms with Crippen LogP contribution in [0, 0.1) is 5.82 Å². The minimum absolute atomic E-state index is 0.251. The van der Waals surface area contributed by atoms with Gasteiger partial charge in [-0.25, -0.2) is 9.18 Å². The van der Waals surface area contributed by atoms with Crippen LogP contribution in [0.2, 0.25) is 0 Å². The molecular formula is C13H17FN2O3. The molecule has 6 heteroatoms. The Hall–Kier alpha value is -2.11. The molecule has 0 saturated carbocycles. The maximum absolute atomic E-state index is 13.3. The summed E-state index contributed by atoms with van der Waals surface area (Å²) in [6, 6.07) is 3.59. The van der Waals surface area contributed by atoms with E-state index in [0.29, 0.717) is 6.54 Å². The van der Waals surface area contributed by atoms with Crippen LogP contribution < -0.4 is 11.1 Å². The third-order valence-electron chi connectivity index (χ3n) is 2.40. The predicted molar refractivity (Wildman–Crippen MR) is 69.0 cm³/mol. The van der Waals surface area contributed by atoms with Crippen molar-refractivity contribution in [1.29, 1.82) is 0 Å². The summed E-state index contributed by atoms with van der Waals surface area (Å²) in [6.45, 7) is 2.09. The van der Waals surface area contributed by atoms with Gasteiger partial charge in [-0.3, -0.25) is 4.79 Å². The predicted octanol–water partition coefficient (Wildman–Crippen LogP) is 1.48. The van der Waals surface area contributed by atoms with Crippen molar-refractivity contribution < 1.29 is 18.7 Å². The first-order chi connectivity index (χ1) is 9.04. The number of benzene rings is 1. The molecule has 0 atom stereocenters. The lowest BCUT2D eigenvalue weighted by atomic mass is 10.2. The van der Waals surface area contributed by atoms with E-state index in [9.17, 15) is 14.0 Å². The van der Waals surface area contributed by atoms with E-state index in [1.54, 1.807) is 0 Å². The Morgan fingerprint density at radius 1 is 1.42 bits per heavy atom. The summed E-state index contributed by atoms with van der Waals surface area (Å²) in [6.07, 6.45) is 1.80. The molecule has 19 heavy (non-hydrogen) atoms. The lowest BCUT2D eigenvalue weighted by Gasteiger charge is -2.07. The van der Waals surface area contributed by atoms with Gasteiger partial charge in [-0.15, -0.1) is 0 Å². The summed E-state index contributed by atoms with van der Waals surface area (Å²) >= 11 is 0. The highest BCUT2D eigenvalue weighted by Gasteiger charge is 2.14. The number of hydrogen-bond donors (Lipinski definition) is 2. The molecule has 1 aromatic carbocycles. The first-order valence-corrected chi connectivity index (χ1v) is 6.03. The standard InChI is InChI=1S/C13H17FN2O3/c1-2-3-6-16-12(17)8-19-13(18)10-7-9(15)4-5-11(10)14/h4-5,7H,2-3,6,8,15H2,1H3,(H,16,17). The second kappa shape index (κ2) is 7.35. The van der Waals surface area contributed by atoms with Gasteiger partial charge in [0.2, 0.25) is 0 Å². The zero-order chi connectivity index (χ0) is 14.3. The number of carbonyl (C=O) groups excluding carboxylic acids is 2. The van der Waals surface area contributed by atoms with Crippen LogP contribution in [0.15, 0.2) is 18.2 Å². The summed E-state index contributed by atoms with van der Waals surface area (Å²) in [4.78, 5) is 22.9. The topological polar surface area (TPSA) is 81.4 Å². The van der Waals surface area contributed by atoms with Gasteiger partial charge >= 0.3 is 5.97 Å². The van der Waals surface area contributed by atoms with Crippen LogP contribution in [0.4, 0.5) is 10.1 Å². The fraction of sp³-hybridized carbons (Fsp3) is 0.385. The zero-order valence-corrected chi connectivity index (χ0v) is 10.7. The molecule has 0 fully saturated rings. The highest BCUT2D eigenvalue weighted by molar-refractivity contribution is 5.92. The Morgan fingerprint density at radius 2 is 2.16 bits per heavy atom. The van der Waals surface area contributed by atoms with Crippen molar-refractivity contribution >= 4 is 17.6 Å². The molecule has 1 rings (SSSR count). The second-order valence-electron chi connectivity index (χ2n) is 4.02. The van der Waals surface area contributed by atoms with Crippen molar-refractivity contribution in [3.8, 4) is 0 Å². The van der Waals surface area contributed by atoms with Crippen molar-refractivity contribution in [2.24, 2.45) is 0 Å². The quantitative estimate of drug-likeness (QED) is 0.465. The van der Waals surface area contributed by atoms with Crippen molar-refractivity contribution in [1.82, 2.24) is 5.32 Å². The molecule has 0 aliphatic carbocycles. The molecule has 0 aromatic heterocycles. The van der Waals surface area contributed by atoms with Crippen LogP contribution >= 0.6 is 0 Å². The Balaban J connectivity index is 2.47. The van der Waals surface area contributed by atoms with E-state index in [-0.39, 0.29) is 11.3 Å². The lowest BCUT2D eigenvalue weighted by molar-refractivity contribution is -0.124. The molecule has 3 N–H and O–H groups in total. The second-order valence-corrected chi connectivity index (χ2v) is 4.02. The van der Waals surface area contributed by atoms with Gasteiger partial charge in [0.25, 0.3) is 5.91 Å². The molecule has 0 saturated heterocycles. The SMILES string of the molecule is CCCCNC(=O)COC(=O)c1cc(N)ccc1F. The number of halogens is 1. The first kappa shape index (κ1) is 14.9. The monoisotopic (exact) mass is 268 g/mol. The van der Waals surface area contributed by atoms with E-state index in [1.165, 1.54) is 12.1 Å². The van der Waals surface area contributed by atoms with Crippen LogP contribution in [0.3, 0.4) is 0 Å². The van der Waals surface area contributed by atoms with Gasteiger partial charge in [-0.2, -0.15) is 0 Å². The Bertz CT molecular complexity index is 463. The summed E-state index contributed by atoms with van der Waals surface area (Å²) in [5, 5.41) is 2.58.